The summed E-state index contributed by atoms with van der Waals surface area (Å²) in [4.78, 5) is 13.9. The molecule has 33 heavy (non-hydrogen) atoms. The quantitative estimate of drug-likeness (QED) is 0.429. The van der Waals surface area contributed by atoms with E-state index in [0.29, 0.717) is 17.7 Å². The first-order valence-electron chi connectivity index (χ1n) is 11.1. The molecule has 1 aliphatic carbocycles. The second kappa shape index (κ2) is 8.34. The van der Waals surface area contributed by atoms with Gasteiger partial charge in [-0.1, -0.05) is 72.8 Å². The molecule has 0 radical (unpaired) electrons. The van der Waals surface area contributed by atoms with Crippen LogP contribution in [0.25, 0.3) is 11.3 Å². The Morgan fingerprint density at radius 2 is 1.73 bits per heavy atom. The smallest absolute Gasteiger partial charge is 0.169 e. The van der Waals surface area contributed by atoms with E-state index in [-0.39, 0.29) is 5.78 Å². The molecule has 3 unspecified atom stereocenters. The maximum atomic E-state index is 13.9. The molecule has 2 N–H and O–H groups in total. The van der Waals surface area contributed by atoms with E-state index in [4.69, 9.17) is 4.74 Å². The Labute approximate surface area is 193 Å². The average Bonchev–Trinajstić information content (AvgIpc) is 3.26. The van der Waals surface area contributed by atoms with Crippen molar-refractivity contribution < 1.29 is 14.6 Å². The zero-order valence-electron chi connectivity index (χ0n) is 18.7. The third kappa shape index (κ3) is 3.74. The number of benzene rings is 3. The highest BCUT2D eigenvalue weighted by Gasteiger charge is 2.50. The van der Waals surface area contributed by atoms with Gasteiger partial charge in [0, 0.05) is 34.7 Å². The van der Waals surface area contributed by atoms with Gasteiger partial charge in [-0.3, -0.25) is 9.89 Å². The normalized spacial score (nSPS) is 21.9. The van der Waals surface area contributed by atoms with Crippen LogP contribution in [-0.2, 0) is 6.42 Å². The fraction of sp³-hybridized carbons (Fsp3) is 0.214. The molecule has 3 aromatic carbocycles. The van der Waals surface area contributed by atoms with Gasteiger partial charge in [0.2, 0.25) is 0 Å². The van der Waals surface area contributed by atoms with Gasteiger partial charge < -0.3 is 9.84 Å². The summed E-state index contributed by atoms with van der Waals surface area (Å²) in [5, 5.41) is 19.4. The molecule has 5 rings (SSSR count). The minimum atomic E-state index is -1.27. The molecule has 5 nitrogen and oxygen atoms in total. The molecule has 1 aliphatic rings. The Hall–Kier alpha value is -3.70. The number of fused-ring (bicyclic) bond motifs is 1. The van der Waals surface area contributed by atoms with Crippen molar-refractivity contribution >= 4 is 5.78 Å². The van der Waals surface area contributed by atoms with Crippen LogP contribution in [-0.4, -0.2) is 33.8 Å². The lowest BCUT2D eigenvalue weighted by atomic mass is 9.63. The van der Waals surface area contributed by atoms with E-state index in [9.17, 15) is 9.90 Å². The zero-order valence-corrected chi connectivity index (χ0v) is 18.7. The van der Waals surface area contributed by atoms with E-state index >= 15 is 0 Å². The van der Waals surface area contributed by atoms with Gasteiger partial charge in [0.15, 0.2) is 5.78 Å². The molecule has 3 atom stereocenters. The van der Waals surface area contributed by atoms with E-state index < -0.39 is 17.4 Å². The summed E-state index contributed by atoms with van der Waals surface area (Å²) in [5.74, 6) is -0.478. The van der Waals surface area contributed by atoms with Crippen molar-refractivity contribution in [1.82, 2.24) is 10.2 Å². The number of nitrogens with one attached hydrogen (secondary N) is 1. The Kier molecular flexibility index (Phi) is 5.35. The lowest BCUT2D eigenvalue weighted by Crippen LogP contribution is -2.48. The number of aromatic nitrogens is 2. The Morgan fingerprint density at radius 3 is 2.42 bits per heavy atom. The number of hydrogen-bond acceptors (Lipinski definition) is 4. The number of methoxy groups -OCH3 is 1. The van der Waals surface area contributed by atoms with Crippen LogP contribution in [0, 0.1) is 5.92 Å². The van der Waals surface area contributed by atoms with Crippen molar-refractivity contribution in [3.63, 3.8) is 0 Å². The van der Waals surface area contributed by atoms with Crippen molar-refractivity contribution in [2.75, 3.05) is 7.11 Å². The molecule has 0 fully saturated rings. The topological polar surface area (TPSA) is 75.2 Å². The number of aliphatic hydroxyl groups is 1. The number of ketones is 1. The van der Waals surface area contributed by atoms with Gasteiger partial charge in [-0.05, 0) is 24.6 Å². The molecule has 0 aliphatic heterocycles. The first kappa shape index (κ1) is 21.2. The van der Waals surface area contributed by atoms with Crippen LogP contribution in [0.4, 0.5) is 0 Å². The van der Waals surface area contributed by atoms with Crippen LogP contribution >= 0.6 is 0 Å². The molecule has 1 heterocycles. The highest BCUT2D eigenvalue weighted by molar-refractivity contribution is 6.00. The van der Waals surface area contributed by atoms with E-state index in [1.54, 1.807) is 14.0 Å². The molecular weight excluding hydrogens is 412 g/mol. The van der Waals surface area contributed by atoms with Crippen molar-refractivity contribution in [2.45, 2.75) is 24.9 Å². The van der Waals surface area contributed by atoms with Crippen molar-refractivity contribution in [1.29, 1.82) is 0 Å². The molecule has 0 bridgehead atoms. The number of Topliss-reactive ketones (excluding diaryl/α,β-unsaturated/α-hetero) is 1. The van der Waals surface area contributed by atoms with Crippen molar-refractivity contribution in [2.24, 2.45) is 5.92 Å². The number of H-pyrrole nitrogens is 1. The van der Waals surface area contributed by atoms with Gasteiger partial charge in [0.1, 0.15) is 5.75 Å². The fourth-order valence-electron chi connectivity index (χ4n) is 5.08. The number of hydrogen-bond donors (Lipinski definition) is 2. The van der Waals surface area contributed by atoms with Gasteiger partial charge in [0.25, 0.3) is 0 Å². The maximum absolute atomic E-state index is 13.9. The molecule has 166 valence electrons. The van der Waals surface area contributed by atoms with Crippen LogP contribution in [0.1, 0.15) is 40.0 Å². The molecule has 4 aromatic rings. The number of nitrogens with zero attached hydrogens (tertiary/aromatic N) is 1. The lowest BCUT2D eigenvalue weighted by molar-refractivity contribution is -0.00736. The van der Waals surface area contributed by atoms with E-state index in [1.165, 1.54) is 0 Å². The van der Waals surface area contributed by atoms with Gasteiger partial charge >= 0.3 is 0 Å². The molecule has 0 saturated heterocycles. The minimum Gasteiger partial charge on any atom is -0.497 e. The highest BCUT2D eigenvalue weighted by atomic mass is 16.5. The summed E-state index contributed by atoms with van der Waals surface area (Å²) in [5.41, 5.74) is 3.80. The van der Waals surface area contributed by atoms with Gasteiger partial charge in [0.05, 0.1) is 24.3 Å². The van der Waals surface area contributed by atoms with E-state index in [0.717, 1.165) is 28.1 Å². The van der Waals surface area contributed by atoms with Crippen molar-refractivity contribution in [3.05, 3.63) is 107 Å². The zero-order chi connectivity index (χ0) is 23.0. The first-order chi connectivity index (χ1) is 16.0. The van der Waals surface area contributed by atoms with Gasteiger partial charge in [-0.15, -0.1) is 0 Å². The van der Waals surface area contributed by atoms with Crippen LogP contribution in [0.2, 0.25) is 0 Å². The summed E-state index contributed by atoms with van der Waals surface area (Å²) in [6.07, 6.45) is 0.311. The average molecular weight is 439 g/mol. The van der Waals surface area contributed by atoms with Crippen LogP contribution in [0.3, 0.4) is 0 Å². The van der Waals surface area contributed by atoms with Crippen molar-refractivity contribution in [3.8, 4) is 17.0 Å². The Bertz CT molecular complexity index is 1280. The first-order valence-corrected chi connectivity index (χ1v) is 11.1. The third-order valence-electron chi connectivity index (χ3n) is 6.57. The van der Waals surface area contributed by atoms with Crippen LogP contribution in [0.5, 0.6) is 5.75 Å². The highest BCUT2D eigenvalue weighted by Crippen LogP contribution is 2.49. The number of carbonyl (C=O) groups is 1. The summed E-state index contributed by atoms with van der Waals surface area (Å²) in [6.45, 7) is 1.75. The molecule has 5 heteroatoms. The monoisotopic (exact) mass is 438 g/mol. The second-order valence-corrected chi connectivity index (χ2v) is 8.83. The summed E-state index contributed by atoms with van der Waals surface area (Å²) < 4.78 is 5.49. The number of ether oxygens (including phenoxy) is 1. The number of carbonyl (C=O) groups excluding carboxylic acids is 1. The molecule has 0 saturated carbocycles. The largest absolute Gasteiger partial charge is 0.497 e. The SMILES string of the molecule is COc1cccc(C2c3c(-c4ccccc4)n[nH]c3CC(C)(O)C2C(=O)c2ccccc2)c1. The maximum Gasteiger partial charge on any atom is 0.169 e. The standard InChI is InChI=1S/C28H26N2O3/c1-28(32)17-22-24(26(30-29-22)18-10-5-3-6-11-18)23(20-14-9-15-21(16-20)33-2)25(28)27(31)19-12-7-4-8-13-19/h3-16,23,25,32H,17H2,1-2H3,(H,29,30). The molecule has 0 spiro atoms. The summed E-state index contributed by atoms with van der Waals surface area (Å²) in [6, 6.07) is 26.9. The predicted octanol–water partition coefficient (Wildman–Crippen LogP) is 5.02. The van der Waals surface area contributed by atoms with E-state index in [1.807, 2.05) is 84.9 Å². The molecule has 1 aromatic heterocycles. The number of rotatable bonds is 5. The van der Waals surface area contributed by atoms with Gasteiger partial charge in [-0.25, -0.2) is 0 Å². The second-order valence-electron chi connectivity index (χ2n) is 8.83. The van der Waals surface area contributed by atoms with Crippen LogP contribution in [0.15, 0.2) is 84.9 Å². The lowest BCUT2D eigenvalue weighted by Gasteiger charge is -2.42. The molecule has 0 amide bonds. The number of aromatic amines is 1. The Balaban J connectivity index is 1.75. The Morgan fingerprint density at radius 1 is 1.03 bits per heavy atom. The van der Waals surface area contributed by atoms with E-state index in [2.05, 4.69) is 10.2 Å². The third-order valence-corrected chi connectivity index (χ3v) is 6.57. The summed E-state index contributed by atoms with van der Waals surface area (Å²) in [7, 11) is 1.63. The summed E-state index contributed by atoms with van der Waals surface area (Å²) >= 11 is 0. The molecular formula is C28H26N2O3. The van der Waals surface area contributed by atoms with Gasteiger partial charge in [-0.2, -0.15) is 5.10 Å². The predicted molar refractivity (Wildman–Crippen MR) is 127 cm³/mol. The van der Waals surface area contributed by atoms with Crippen LogP contribution < -0.4 is 4.74 Å². The fourth-order valence-corrected chi connectivity index (χ4v) is 5.08. The minimum absolute atomic E-state index is 0.0840.